The van der Waals surface area contributed by atoms with Crippen LogP contribution < -0.4 is 4.74 Å². The molecule has 0 heterocycles. The predicted octanol–water partition coefficient (Wildman–Crippen LogP) is 1.03. The van der Waals surface area contributed by atoms with Gasteiger partial charge in [-0.3, -0.25) is 0 Å². The van der Waals surface area contributed by atoms with Gasteiger partial charge in [0.2, 0.25) is 0 Å². The lowest BCUT2D eigenvalue weighted by atomic mass is 9.91. The van der Waals surface area contributed by atoms with E-state index < -0.39 is 18.1 Å². The molecule has 4 atom stereocenters. The lowest BCUT2D eigenvalue weighted by Crippen LogP contribution is -2.28. The second-order valence-corrected chi connectivity index (χ2v) is 4.80. The molecular formula is C14H18O4. The molecule has 0 amide bonds. The fourth-order valence-corrected chi connectivity index (χ4v) is 2.76. The summed E-state index contributed by atoms with van der Waals surface area (Å²) in [5.74, 6) is 0.0460. The van der Waals surface area contributed by atoms with Gasteiger partial charge in [-0.15, -0.1) is 0 Å². The van der Waals surface area contributed by atoms with Crippen molar-refractivity contribution in [3.8, 4) is 5.75 Å². The van der Waals surface area contributed by atoms with Crippen LogP contribution in [0, 0.1) is 12.8 Å². The van der Waals surface area contributed by atoms with E-state index in [0.29, 0.717) is 6.42 Å². The van der Waals surface area contributed by atoms with E-state index in [1.807, 2.05) is 25.1 Å². The number of carbonyl (C=O) groups excluding carboxylic acids is 1. The van der Waals surface area contributed by atoms with Crippen LogP contribution in [0.4, 0.5) is 0 Å². The predicted molar refractivity (Wildman–Crippen MR) is 66.7 cm³/mol. The van der Waals surface area contributed by atoms with Crippen molar-refractivity contribution in [3.63, 3.8) is 0 Å². The highest BCUT2D eigenvalue weighted by atomic mass is 16.5. The monoisotopic (exact) mass is 250 g/mol. The molecule has 98 valence electrons. The normalized spacial score (nSPS) is 31.3. The number of aliphatic hydroxyl groups excluding tert-OH is 2. The average molecular weight is 250 g/mol. The van der Waals surface area contributed by atoms with Gasteiger partial charge in [0.05, 0.1) is 19.3 Å². The summed E-state index contributed by atoms with van der Waals surface area (Å²) in [5, 5.41) is 19.8. The SMILES string of the molecule is COc1cccc(C2CC(C=O)C(O)C2O)c1C. The summed E-state index contributed by atoms with van der Waals surface area (Å²) >= 11 is 0. The van der Waals surface area contributed by atoms with Crippen molar-refractivity contribution in [2.45, 2.75) is 31.5 Å². The van der Waals surface area contributed by atoms with Gasteiger partial charge in [0, 0.05) is 11.8 Å². The van der Waals surface area contributed by atoms with Crippen molar-refractivity contribution in [2.24, 2.45) is 5.92 Å². The molecule has 0 aromatic heterocycles. The van der Waals surface area contributed by atoms with Gasteiger partial charge in [0.1, 0.15) is 12.0 Å². The van der Waals surface area contributed by atoms with Crippen molar-refractivity contribution in [1.29, 1.82) is 0 Å². The zero-order valence-electron chi connectivity index (χ0n) is 10.5. The highest BCUT2D eigenvalue weighted by Crippen LogP contribution is 2.40. The van der Waals surface area contributed by atoms with Crippen molar-refractivity contribution in [3.05, 3.63) is 29.3 Å². The van der Waals surface area contributed by atoms with E-state index in [9.17, 15) is 15.0 Å². The number of rotatable bonds is 3. The van der Waals surface area contributed by atoms with Crippen molar-refractivity contribution in [2.75, 3.05) is 7.11 Å². The number of aldehydes is 1. The summed E-state index contributed by atoms with van der Waals surface area (Å²) in [4.78, 5) is 10.9. The quantitative estimate of drug-likeness (QED) is 0.786. The van der Waals surface area contributed by atoms with Gasteiger partial charge in [-0.1, -0.05) is 12.1 Å². The third kappa shape index (κ3) is 2.02. The minimum Gasteiger partial charge on any atom is -0.496 e. The molecule has 0 radical (unpaired) electrons. The maximum Gasteiger partial charge on any atom is 0.125 e. The van der Waals surface area contributed by atoms with Gasteiger partial charge in [-0.2, -0.15) is 0 Å². The average Bonchev–Trinajstić information content (AvgIpc) is 2.66. The molecule has 1 fully saturated rings. The van der Waals surface area contributed by atoms with E-state index >= 15 is 0 Å². The topological polar surface area (TPSA) is 66.8 Å². The summed E-state index contributed by atoms with van der Waals surface area (Å²) in [6.45, 7) is 1.92. The van der Waals surface area contributed by atoms with Crippen LogP contribution in [0.2, 0.25) is 0 Å². The van der Waals surface area contributed by atoms with Crippen LogP contribution in [0.1, 0.15) is 23.5 Å². The third-order valence-corrected chi connectivity index (χ3v) is 3.85. The minimum absolute atomic E-state index is 0.217. The van der Waals surface area contributed by atoms with Crippen LogP contribution in [0.15, 0.2) is 18.2 Å². The largest absolute Gasteiger partial charge is 0.496 e. The summed E-state index contributed by atoms with van der Waals surface area (Å²) < 4.78 is 5.25. The van der Waals surface area contributed by atoms with Crippen molar-refractivity contribution in [1.82, 2.24) is 0 Å². The molecular weight excluding hydrogens is 232 g/mol. The Hall–Kier alpha value is -1.39. The molecule has 0 bridgehead atoms. The first-order valence-electron chi connectivity index (χ1n) is 6.05. The van der Waals surface area contributed by atoms with Gasteiger partial charge >= 0.3 is 0 Å². The van der Waals surface area contributed by atoms with Crippen LogP contribution in [0.5, 0.6) is 5.75 Å². The fourth-order valence-electron chi connectivity index (χ4n) is 2.76. The van der Waals surface area contributed by atoms with E-state index in [0.717, 1.165) is 23.2 Å². The molecule has 0 spiro atoms. The maximum atomic E-state index is 10.9. The summed E-state index contributed by atoms with van der Waals surface area (Å²) in [5.41, 5.74) is 1.88. The fraction of sp³-hybridized carbons (Fsp3) is 0.500. The van der Waals surface area contributed by atoms with Crippen LogP contribution in [-0.2, 0) is 4.79 Å². The Morgan fingerprint density at radius 3 is 2.61 bits per heavy atom. The van der Waals surface area contributed by atoms with Gasteiger partial charge in [-0.05, 0) is 30.5 Å². The Morgan fingerprint density at radius 1 is 1.33 bits per heavy atom. The van der Waals surface area contributed by atoms with Gasteiger partial charge in [0.15, 0.2) is 0 Å². The zero-order chi connectivity index (χ0) is 13.3. The number of hydrogen-bond donors (Lipinski definition) is 2. The maximum absolute atomic E-state index is 10.9. The number of aliphatic hydroxyl groups is 2. The molecule has 1 aliphatic carbocycles. The number of carbonyl (C=O) groups is 1. The lowest BCUT2D eigenvalue weighted by Gasteiger charge is -2.20. The number of methoxy groups -OCH3 is 1. The Bertz CT molecular complexity index is 443. The molecule has 4 nitrogen and oxygen atoms in total. The molecule has 2 N–H and O–H groups in total. The highest BCUT2D eigenvalue weighted by molar-refractivity contribution is 5.57. The van der Waals surface area contributed by atoms with Crippen LogP contribution in [0.25, 0.3) is 0 Å². The molecule has 1 aliphatic rings. The Balaban J connectivity index is 2.35. The van der Waals surface area contributed by atoms with E-state index in [4.69, 9.17) is 4.74 Å². The Labute approximate surface area is 106 Å². The van der Waals surface area contributed by atoms with Crippen LogP contribution in [-0.4, -0.2) is 35.8 Å². The van der Waals surface area contributed by atoms with Gasteiger partial charge in [-0.25, -0.2) is 0 Å². The summed E-state index contributed by atoms with van der Waals surface area (Å²) in [7, 11) is 1.60. The first-order valence-corrected chi connectivity index (χ1v) is 6.05. The van der Waals surface area contributed by atoms with E-state index in [2.05, 4.69) is 0 Å². The van der Waals surface area contributed by atoms with Crippen LogP contribution >= 0.6 is 0 Å². The van der Waals surface area contributed by atoms with Gasteiger partial charge < -0.3 is 19.7 Å². The first kappa shape index (κ1) is 13.1. The van der Waals surface area contributed by atoms with Crippen molar-refractivity contribution >= 4 is 6.29 Å². The van der Waals surface area contributed by atoms with E-state index in [1.54, 1.807) is 7.11 Å². The molecule has 2 rings (SSSR count). The second kappa shape index (κ2) is 5.08. The molecule has 18 heavy (non-hydrogen) atoms. The molecule has 1 saturated carbocycles. The smallest absolute Gasteiger partial charge is 0.125 e. The molecule has 1 aromatic carbocycles. The Kier molecular flexibility index (Phi) is 3.68. The zero-order valence-corrected chi connectivity index (χ0v) is 10.5. The molecule has 0 aliphatic heterocycles. The lowest BCUT2D eigenvalue weighted by molar-refractivity contribution is -0.114. The highest BCUT2D eigenvalue weighted by Gasteiger charge is 2.42. The van der Waals surface area contributed by atoms with E-state index in [-0.39, 0.29) is 5.92 Å². The standard InChI is InChI=1S/C14H18O4/c1-8-10(4-3-5-12(8)18-2)11-6-9(7-15)13(16)14(11)17/h3-5,7,9,11,13-14,16-17H,6H2,1-2H3. The van der Waals surface area contributed by atoms with E-state index in [1.165, 1.54) is 0 Å². The Morgan fingerprint density at radius 2 is 2.06 bits per heavy atom. The molecule has 0 saturated heterocycles. The number of hydrogen-bond acceptors (Lipinski definition) is 4. The summed E-state index contributed by atoms with van der Waals surface area (Å²) in [6.07, 6.45) is -0.674. The minimum atomic E-state index is -0.974. The second-order valence-electron chi connectivity index (χ2n) is 4.80. The molecule has 1 aromatic rings. The first-order chi connectivity index (χ1) is 8.60. The molecule has 4 heteroatoms. The molecule has 4 unspecified atom stereocenters. The number of benzene rings is 1. The van der Waals surface area contributed by atoms with Crippen molar-refractivity contribution < 1.29 is 19.7 Å². The summed E-state index contributed by atoms with van der Waals surface area (Å²) in [6, 6.07) is 5.62. The number of ether oxygens (including phenoxy) is 1. The van der Waals surface area contributed by atoms with Gasteiger partial charge in [0.25, 0.3) is 0 Å². The third-order valence-electron chi connectivity index (χ3n) is 3.85. The van der Waals surface area contributed by atoms with Crippen LogP contribution in [0.3, 0.4) is 0 Å².